The molecule has 0 unspecified atom stereocenters. The number of ether oxygens (including phenoxy) is 1. The summed E-state index contributed by atoms with van der Waals surface area (Å²) >= 11 is 0. The van der Waals surface area contributed by atoms with Gasteiger partial charge in [0.15, 0.2) is 0 Å². The summed E-state index contributed by atoms with van der Waals surface area (Å²) in [7, 11) is 1.72. The first kappa shape index (κ1) is 19.4. The van der Waals surface area contributed by atoms with Gasteiger partial charge in [0.1, 0.15) is 5.75 Å². The fourth-order valence-electron chi connectivity index (χ4n) is 3.31. The maximum Gasteiger partial charge on any atom is 0.119 e. The van der Waals surface area contributed by atoms with Gasteiger partial charge < -0.3 is 15.0 Å². The first-order valence-electron chi connectivity index (χ1n) is 7.70. The molecule has 0 spiro atoms. The van der Waals surface area contributed by atoms with Crippen molar-refractivity contribution in [2.75, 3.05) is 51.3 Å². The molecule has 0 saturated carbocycles. The number of halogens is 2. The van der Waals surface area contributed by atoms with Crippen molar-refractivity contribution < 1.29 is 4.74 Å². The number of nitrogens with zero attached hydrogens (tertiary/aromatic N) is 2. The van der Waals surface area contributed by atoms with Crippen LogP contribution in [0.2, 0.25) is 0 Å². The van der Waals surface area contributed by atoms with Gasteiger partial charge in [-0.3, -0.25) is 4.90 Å². The van der Waals surface area contributed by atoms with Crippen molar-refractivity contribution in [1.29, 1.82) is 0 Å². The third-order valence-electron chi connectivity index (χ3n) is 4.58. The van der Waals surface area contributed by atoms with Crippen molar-refractivity contribution in [1.82, 2.24) is 10.2 Å². The van der Waals surface area contributed by atoms with Crippen molar-refractivity contribution in [3.8, 4) is 5.75 Å². The third-order valence-corrected chi connectivity index (χ3v) is 4.58. The second kappa shape index (κ2) is 9.46. The maximum absolute atomic E-state index is 5.22. The molecule has 0 amide bonds. The molecule has 6 heteroatoms. The van der Waals surface area contributed by atoms with Crippen molar-refractivity contribution >= 4 is 30.5 Å². The predicted octanol–water partition coefficient (Wildman–Crippen LogP) is 2.41. The van der Waals surface area contributed by atoms with Crippen LogP contribution in [0.1, 0.15) is 12.8 Å². The van der Waals surface area contributed by atoms with Crippen LogP contribution < -0.4 is 15.0 Å². The number of anilines is 1. The molecule has 126 valence electrons. The standard InChI is InChI=1S/C16H25N3O.2ClH/c1-20-16-4-2-14(3-5-16)18-10-12-19(13-11-18)15-6-8-17-9-7-15;;/h2-5,15,17H,6-13H2,1H3;2*1H. The van der Waals surface area contributed by atoms with Crippen LogP contribution in [0, 0.1) is 0 Å². The summed E-state index contributed by atoms with van der Waals surface area (Å²) in [6, 6.07) is 9.23. The Morgan fingerprint density at radius 1 is 0.955 bits per heavy atom. The molecular formula is C16H27Cl2N3O. The van der Waals surface area contributed by atoms with E-state index in [1.165, 1.54) is 44.7 Å². The van der Waals surface area contributed by atoms with E-state index in [9.17, 15) is 0 Å². The number of rotatable bonds is 3. The molecule has 0 aliphatic carbocycles. The van der Waals surface area contributed by atoms with Gasteiger partial charge in [-0.2, -0.15) is 0 Å². The lowest BCUT2D eigenvalue weighted by Gasteiger charge is -2.41. The molecule has 0 bridgehead atoms. The number of piperidine rings is 1. The highest BCUT2D eigenvalue weighted by molar-refractivity contribution is 5.85. The number of benzene rings is 1. The quantitative estimate of drug-likeness (QED) is 0.908. The predicted molar refractivity (Wildman–Crippen MR) is 97.2 cm³/mol. The Hall–Kier alpha value is -0.680. The Kier molecular flexibility index (Phi) is 8.33. The van der Waals surface area contributed by atoms with Gasteiger partial charge in [0.05, 0.1) is 7.11 Å². The topological polar surface area (TPSA) is 27.7 Å². The lowest BCUT2D eigenvalue weighted by atomic mass is 10.0. The average molecular weight is 348 g/mol. The molecule has 0 atom stereocenters. The van der Waals surface area contributed by atoms with Crippen LogP contribution in [0.25, 0.3) is 0 Å². The zero-order valence-corrected chi connectivity index (χ0v) is 14.8. The van der Waals surface area contributed by atoms with Crippen LogP contribution >= 0.6 is 24.8 Å². The molecule has 22 heavy (non-hydrogen) atoms. The van der Waals surface area contributed by atoms with Crippen molar-refractivity contribution in [2.45, 2.75) is 18.9 Å². The molecule has 2 heterocycles. The highest BCUT2D eigenvalue weighted by atomic mass is 35.5. The van der Waals surface area contributed by atoms with Crippen molar-refractivity contribution in [3.05, 3.63) is 24.3 Å². The van der Waals surface area contributed by atoms with E-state index >= 15 is 0 Å². The van der Waals surface area contributed by atoms with Crippen LogP contribution in [0.4, 0.5) is 5.69 Å². The minimum absolute atomic E-state index is 0. The van der Waals surface area contributed by atoms with E-state index in [-0.39, 0.29) is 24.8 Å². The first-order chi connectivity index (χ1) is 9.86. The number of hydrogen-bond donors (Lipinski definition) is 1. The van der Waals surface area contributed by atoms with Gasteiger partial charge in [0, 0.05) is 37.9 Å². The number of piperazine rings is 1. The van der Waals surface area contributed by atoms with E-state index < -0.39 is 0 Å². The monoisotopic (exact) mass is 347 g/mol. The Morgan fingerprint density at radius 2 is 1.55 bits per heavy atom. The molecule has 2 aliphatic rings. The molecule has 3 rings (SSSR count). The molecule has 0 radical (unpaired) electrons. The van der Waals surface area contributed by atoms with E-state index in [1.54, 1.807) is 7.11 Å². The summed E-state index contributed by atoms with van der Waals surface area (Å²) in [5, 5.41) is 3.45. The lowest BCUT2D eigenvalue weighted by molar-refractivity contribution is 0.153. The number of hydrogen-bond acceptors (Lipinski definition) is 4. The Bertz CT molecular complexity index is 416. The van der Waals surface area contributed by atoms with Crippen LogP contribution in [-0.4, -0.2) is 57.3 Å². The third kappa shape index (κ3) is 4.66. The van der Waals surface area contributed by atoms with E-state index in [2.05, 4.69) is 39.4 Å². The number of methoxy groups -OCH3 is 1. The van der Waals surface area contributed by atoms with E-state index in [0.717, 1.165) is 24.9 Å². The van der Waals surface area contributed by atoms with Crippen molar-refractivity contribution in [2.24, 2.45) is 0 Å². The maximum atomic E-state index is 5.22. The normalized spacial score (nSPS) is 20.0. The van der Waals surface area contributed by atoms with Gasteiger partial charge in [-0.15, -0.1) is 24.8 Å². The van der Waals surface area contributed by atoms with Crippen LogP contribution in [0.5, 0.6) is 5.75 Å². The molecular weight excluding hydrogens is 321 g/mol. The molecule has 1 aromatic carbocycles. The van der Waals surface area contributed by atoms with Gasteiger partial charge in [-0.1, -0.05) is 0 Å². The first-order valence-corrected chi connectivity index (χ1v) is 7.70. The highest BCUT2D eigenvalue weighted by Crippen LogP contribution is 2.22. The van der Waals surface area contributed by atoms with Gasteiger partial charge >= 0.3 is 0 Å². The molecule has 1 aromatic rings. The Morgan fingerprint density at radius 3 is 2.09 bits per heavy atom. The summed E-state index contributed by atoms with van der Waals surface area (Å²) in [6.07, 6.45) is 2.62. The summed E-state index contributed by atoms with van der Waals surface area (Å²) in [6.45, 7) is 7.02. The zero-order valence-electron chi connectivity index (χ0n) is 13.2. The van der Waals surface area contributed by atoms with Gasteiger partial charge in [0.25, 0.3) is 0 Å². The average Bonchev–Trinajstić information content (AvgIpc) is 2.56. The van der Waals surface area contributed by atoms with Gasteiger partial charge in [0.2, 0.25) is 0 Å². The molecule has 2 saturated heterocycles. The molecule has 2 fully saturated rings. The van der Waals surface area contributed by atoms with Crippen LogP contribution in [0.15, 0.2) is 24.3 Å². The number of nitrogens with one attached hydrogen (secondary N) is 1. The smallest absolute Gasteiger partial charge is 0.119 e. The summed E-state index contributed by atoms with van der Waals surface area (Å²) in [4.78, 5) is 5.16. The SMILES string of the molecule is COc1ccc(N2CCN(C3CCNCC3)CC2)cc1.Cl.Cl. The summed E-state index contributed by atoms with van der Waals surface area (Å²) < 4.78 is 5.22. The molecule has 4 nitrogen and oxygen atoms in total. The van der Waals surface area contributed by atoms with Crippen LogP contribution in [0.3, 0.4) is 0 Å². The lowest BCUT2D eigenvalue weighted by Crippen LogP contribution is -2.52. The van der Waals surface area contributed by atoms with E-state index in [0.29, 0.717) is 0 Å². The second-order valence-electron chi connectivity index (χ2n) is 5.70. The van der Waals surface area contributed by atoms with Crippen LogP contribution in [-0.2, 0) is 0 Å². The van der Waals surface area contributed by atoms with Gasteiger partial charge in [-0.05, 0) is 50.2 Å². The largest absolute Gasteiger partial charge is 0.497 e. The van der Waals surface area contributed by atoms with E-state index in [1.807, 2.05) is 0 Å². The molecule has 2 aliphatic heterocycles. The van der Waals surface area contributed by atoms with Gasteiger partial charge in [-0.25, -0.2) is 0 Å². The fraction of sp³-hybridized carbons (Fsp3) is 0.625. The highest BCUT2D eigenvalue weighted by Gasteiger charge is 2.24. The van der Waals surface area contributed by atoms with Crippen molar-refractivity contribution in [3.63, 3.8) is 0 Å². The molecule has 1 N–H and O–H groups in total. The summed E-state index contributed by atoms with van der Waals surface area (Å²) in [5.74, 6) is 0.932. The summed E-state index contributed by atoms with van der Waals surface area (Å²) in [5.41, 5.74) is 1.32. The zero-order chi connectivity index (χ0) is 13.8. The second-order valence-corrected chi connectivity index (χ2v) is 5.70. The fourth-order valence-corrected chi connectivity index (χ4v) is 3.31. The minimum Gasteiger partial charge on any atom is -0.497 e. The Balaban J connectivity index is 0.00000121. The molecule has 0 aromatic heterocycles. The minimum atomic E-state index is 0. The Labute approximate surface area is 146 Å². The van der Waals surface area contributed by atoms with E-state index in [4.69, 9.17) is 4.74 Å².